The number of ketones is 6. The van der Waals surface area contributed by atoms with Gasteiger partial charge in [0.25, 0.3) is 0 Å². The fraction of sp³-hybridized carbons (Fsp3) is 0.600. The van der Waals surface area contributed by atoms with Crippen LogP contribution in [-0.2, 0) is 16.8 Å². The summed E-state index contributed by atoms with van der Waals surface area (Å²) in [6.45, 7) is 9.40. The molecule has 0 aliphatic carbocycles. The Morgan fingerprint density at radius 3 is 0.520 bits per heavy atom. The van der Waals surface area contributed by atoms with E-state index in [0.717, 1.165) is 0 Å². The summed E-state index contributed by atoms with van der Waals surface area (Å²) in [6.07, 6.45) is 0. The van der Waals surface area contributed by atoms with Gasteiger partial charge < -0.3 is 0 Å². The molecule has 0 aromatic carbocycles. The SMILES string of the molecule is CC(=[OH+])C(I)C(C)=[OH+].CC(=[OH+])C(I)C(C)=[OH+].CC(=[OH+])C(I)C(C)=[OH+].[Co]. The quantitative estimate of drug-likeness (QED) is 0.172. The zero-order valence-electron chi connectivity index (χ0n) is 14.9. The molecule has 6 N–H and O–H groups in total. The van der Waals surface area contributed by atoms with E-state index >= 15 is 0 Å². The molecule has 0 rings (SSSR count). The Hall–Kier alpha value is 0.716. The summed E-state index contributed by atoms with van der Waals surface area (Å²) in [5, 5.41) is 0. The van der Waals surface area contributed by atoms with Gasteiger partial charge in [0.05, 0.1) is 0 Å². The summed E-state index contributed by atoms with van der Waals surface area (Å²) in [7, 11) is 0. The van der Waals surface area contributed by atoms with Crippen LogP contribution < -0.4 is 0 Å². The summed E-state index contributed by atoms with van der Waals surface area (Å²) in [5.41, 5.74) is 0. The maximum atomic E-state index is 8.72. The van der Waals surface area contributed by atoms with Crippen LogP contribution in [0.4, 0.5) is 0 Å². The molecule has 0 aliphatic rings. The van der Waals surface area contributed by atoms with Crippen molar-refractivity contribution in [2.24, 2.45) is 0 Å². The van der Waals surface area contributed by atoms with Crippen molar-refractivity contribution in [3.05, 3.63) is 0 Å². The van der Waals surface area contributed by atoms with Crippen LogP contribution in [0.1, 0.15) is 41.5 Å². The van der Waals surface area contributed by atoms with E-state index in [4.69, 9.17) is 28.8 Å². The first-order valence-corrected chi connectivity index (χ1v) is 10.5. The molecule has 10 heteroatoms. The van der Waals surface area contributed by atoms with Crippen LogP contribution in [0, 0.1) is 0 Å². The van der Waals surface area contributed by atoms with Crippen LogP contribution in [0.25, 0.3) is 0 Å². The van der Waals surface area contributed by atoms with Gasteiger partial charge in [0.15, 0.2) is 0 Å². The first kappa shape index (κ1) is 33.3. The van der Waals surface area contributed by atoms with E-state index in [9.17, 15) is 0 Å². The van der Waals surface area contributed by atoms with Crippen LogP contribution >= 0.6 is 67.8 Å². The molecule has 0 aromatic rings. The van der Waals surface area contributed by atoms with Gasteiger partial charge in [-0.05, 0) is 0 Å². The van der Waals surface area contributed by atoms with E-state index in [1.54, 1.807) is 41.5 Å². The Kier molecular flexibility index (Phi) is 24.1. The van der Waals surface area contributed by atoms with E-state index in [1.807, 2.05) is 67.8 Å². The van der Waals surface area contributed by atoms with Crippen molar-refractivity contribution in [1.29, 1.82) is 0 Å². The van der Waals surface area contributed by atoms with Gasteiger partial charge in [-0.1, -0.05) is 67.8 Å². The molecule has 25 heavy (non-hydrogen) atoms. The second kappa shape index (κ2) is 18.1. The first-order chi connectivity index (χ1) is 10.7. The maximum absolute atomic E-state index is 8.72. The van der Waals surface area contributed by atoms with Crippen molar-refractivity contribution in [3.63, 3.8) is 0 Å². The van der Waals surface area contributed by atoms with Crippen molar-refractivity contribution >= 4 is 102 Å². The van der Waals surface area contributed by atoms with E-state index in [1.165, 1.54) is 0 Å². The Morgan fingerprint density at radius 2 is 0.520 bits per heavy atom. The summed E-state index contributed by atoms with van der Waals surface area (Å²) in [5.74, 6) is 1.45. The maximum Gasteiger partial charge on any atom is 0.315 e. The molecule has 0 aliphatic heterocycles. The van der Waals surface area contributed by atoms with Gasteiger partial charge in [0.1, 0.15) is 0 Å². The fourth-order valence-electron chi connectivity index (χ4n) is 0.907. The van der Waals surface area contributed by atoms with Gasteiger partial charge in [-0.2, -0.15) is 0 Å². The zero-order valence-corrected chi connectivity index (χ0v) is 22.4. The Morgan fingerprint density at radius 1 is 0.440 bits per heavy atom. The molecular formula is C15H27CoI3O6+6. The number of alkyl halides is 3. The number of hydrogen-bond donors (Lipinski definition) is 0. The molecule has 147 valence electrons. The van der Waals surface area contributed by atoms with Gasteiger partial charge >= 0.3 is 34.7 Å². The summed E-state index contributed by atoms with van der Waals surface area (Å²) < 4.78 is -0.646. The zero-order chi connectivity index (χ0) is 20.2. The molecule has 1 radical (unpaired) electrons. The summed E-state index contributed by atoms with van der Waals surface area (Å²) in [4.78, 5) is 52.3. The van der Waals surface area contributed by atoms with E-state index in [2.05, 4.69) is 0 Å². The van der Waals surface area contributed by atoms with Crippen molar-refractivity contribution in [1.82, 2.24) is 0 Å². The third-order valence-electron chi connectivity index (χ3n) is 2.20. The molecule has 0 spiro atoms. The van der Waals surface area contributed by atoms with Crippen LogP contribution in [0.15, 0.2) is 0 Å². The van der Waals surface area contributed by atoms with Crippen molar-refractivity contribution in [3.8, 4) is 0 Å². The van der Waals surface area contributed by atoms with Crippen molar-refractivity contribution in [2.75, 3.05) is 0 Å². The average molecular weight is 743 g/mol. The van der Waals surface area contributed by atoms with Gasteiger partial charge in [0, 0.05) is 58.3 Å². The molecule has 0 unspecified atom stereocenters. The molecule has 0 amide bonds. The Labute approximate surface area is 199 Å². The number of halogens is 3. The molecule has 0 saturated carbocycles. The second-order valence-corrected chi connectivity index (χ2v) is 8.67. The monoisotopic (exact) mass is 743 g/mol. The Bertz CT molecular complexity index is 394. The minimum atomic E-state index is -0.215. The van der Waals surface area contributed by atoms with Crippen LogP contribution in [-0.4, -0.2) is 75.2 Å². The molecular weight excluding hydrogens is 716 g/mol. The number of carbonyl (C=O) groups excluding carboxylic acids is 6. The predicted molar refractivity (Wildman–Crippen MR) is 129 cm³/mol. The molecule has 0 aromatic heterocycles. The standard InChI is InChI=1S/3C5H7IO2.Co/c3*1-3(7)5(6)4(2)8;/h3*5H,1-2H3;/p+6. The van der Waals surface area contributed by atoms with E-state index in [0.29, 0.717) is 0 Å². The minimum absolute atomic E-state index is 0. The van der Waals surface area contributed by atoms with Gasteiger partial charge in [-0.25, -0.2) is 0 Å². The van der Waals surface area contributed by atoms with E-state index in [-0.39, 0.29) is 63.3 Å². The normalized spacial score (nSPS) is 12.4. The predicted octanol–water partition coefficient (Wildman–Crippen LogP) is 2.76. The largest absolute Gasteiger partial charge is 0.315 e. The second-order valence-electron chi connectivity index (χ2n) is 4.94. The average Bonchev–Trinajstić information content (AvgIpc) is 2.45. The smallest absolute Gasteiger partial charge is 0.282 e. The van der Waals surface area contributed by atoms with Crippen molar-refractivity contribution < 1.29 is 45.5 Å². The van der Waals surface area contributed by atoms with Crippen LogP contribution in [0.3, 0.4) is 0 Å². The van der Waals surface area contributed by atoms with Crippen LogP contribution in [0.5, 0.6) is 0 Å². The fourth-order valence-corrected chi connectivity index (χ4v) is 0.907. The third-order valence-corrected chi connectivity index (χ3v) is 7.61. The van der Waals surface area contributed by atoms with Gasteiger partial charge in [-0.15, -0.1) is 0 Å². The molecule has 0 heterocycles. The summed E-state index contributed by atoms with van der Waals surface area (Å²) in [6, 6.07) is 0. The number of rotatable bonds is 6. The first-order valence-electron chi connectivity index (χ1n) is 6.73. The minimum Gasteiger partial charge on any atom is -0.282 e. The molecule has 0 fully saturated rings. The topological polar surface area (TPSA) is 128 Å². The van der Waals surface area contributed by atoms with Gasteiger partial charge in [0.2, 0.25) is 11.8 Å². The van der Waals surface area contributed by atoms with Crippen molar-refractivity contribution in [2.45, 2.75) is 53.3 Å². The Balaban J connectivity index is -0.000000130. The number of hydrogen-bond acceptors (Lipinski definition) is 0. The molecule has 0 bridgehead atoms. The van der Waals surface area contributed by atoms with Gasteiger partial charge in [-0.3, -0.25) is 28.8 Å². The molecule has 0 saturated heterocycles. The summed E-state index contributed by atoms with van der Waals surface area (Å²) >= 11 is 5.84. The van der Waals surface area contributed by atoms with E-state index < -0.39 is 0 Å². The third kappa shape index (κ3) is 20.9. The molecule has 0 atom stereocenters. The van der Waals surface area contributed by atoms with Crippen LogP contribution in [0.2, 0.25) is 0 Å². The molecule has 6 nitrogen and oxygen atoms in total.